The second-order valence-corrected chi connectivity index (χ2v) is 8.26. The van der Waals surface area contributed by atoms with Gasteiger partial charge in [-0.05, 0) is 48.5 Å². The number of halogens is 1. The number of thiazole rings is 1. The number of ketones is 1. The first-order valence-corrected chi connectivity index (χ1v) is 9.94. The fourth-order valence-electron chi connectivity index (χ4n) is 2.13. The fraction of sp³-hybridized carbons (Fsp3) is 0. The lowest BCUT2D eigenvalue weighted by molar-refractivity contribution is 0.104. The molecule has 7 nitrogen and oxygen atoms in total. The third kappa shape index (κ3) is 4.02. The summed E-state index contributed by atoms with van der Waals surface area (Å²) in [6.07, 6.45) is 0. The van der Waals surface area contributed by atoms with E-state index < -0.39 is 10.0 Å². The quantitative estimate of drug-likeness (QED) is 0.556. The maximum atomic E-state index is 12.5. The number of rotatable bonds is 5. The molecule has 0 saturated carbocycles. The number of sulfonamides is 1. The van der Waals surface area contributed by atoms with Gasteiger partial charge in [0.2, 0.25) is 15.8 Å². The number of anilines is 3. The summed E-state index contributed by atoms with van der Waals surface area (Å²) in [5.74, 6) is -0.145. The number of hydrogen-bond donors (Lipinski definition) is 3. The van der Waals surface area contributed by atoms with Crippen LogP contribution in [0.5, 0.6) is 0 Å². The average molecular weight is 409 g/mol. The van der Waals surface area contributed by atoms with Crippen molar-refractivity contribution in [3.63, 3.8) is 0 Å². The predicted molar refractivity (Wildman–Crippen MR) is 103 cm³/mol. The summed E-state index contributed by atoms with van der Waals surface area (Å²) in [4.78, 5) is 17.0. The van der Waals surface area contributed by atoms with E-state index in [0.717, 1.165) is 11.3 Å². The summed E-state index contributed by atoms with van der Waals surface area (Å²) in [6.45, 7) is 0. The minimum absolute atomic E-state index is 0.000285. The molecule has 3 rings (SSSR count). The van der Waals surface area contributed by atoms with Crippen LogP contribution in [-0.2, 0) is 10.0 Å². The van der Waals surface area contributed by atoms with E-state index in [2.05, 4.69) is 10.3 Å². The van der Waals surface area contributed by atoms with Crippen LogP contribution in [0.15, 0.2) is 53.4 Å². The van der Waals surface area contributed by atoms with Gasteiger partial charge < -0.3 is 11.1 Å². The highest BCUT2D eigenvalue weighted by Crippen LogP contribution is 2.30. The van der Waals surface area contributed by atoms with E-state index in [4.69, 9.17) is 22.5 Å². The molecular weight excluding hydrogens is 396 g/mol. The first-order valence-electron chi connectivity index (χ1n) is 7.20. The molecule has 5 N–H and O–H groups in total. The number of aromatic nitrogens is 1. The molecule has 0 aliphatic carbocycles. The Bertz CT molecular complexity index is 1060. The number of benzene rings is 2. The summed E-state index contributed by atoms with van der Waals surface area (Å²) in [5, 5.41) is 8.97. The average Bonchev–Trinajstić information content (AvgIpc) is 2.95. The summed E-state index contributed by atoms with van der Waals surface area (Å²) >= 11 is 6.92. The smallest absolute Gasteiger partial charge is 0.238 e. The van der Waals surface area contributed by atoms with Crippen LogP contribution in [-0.4, -0.2) is 19.2 Å². The van der Waals surface area contributed by atoms with Crippen molar-refractivity contribution in [3.8, 4) is 0 Å². The Hall–Kier alpha value is -2.46. The molecule has 0 aliphatic rings. The highest BCUT2D eigenvalue weighted by atomic mass is 35.5. The van der Waals surface area contributed by atoms with E-state index >= 15 is 0 Å². The van der Waals surface area contributed by atoms with Crippen LogP contribution < -0.4 is 16.2 Å². The lowest BCUT2D eigenvalue weighted by atomic mass is 10.1. The number of carbonyl (C=O) groups excluding carboxylic acids is 1. The number of nitrogen functional groups attached to an aromatic ring is 1. The SMILES string of the molecule is Nc1nc(Nc2ccc(S(N)(=O)=O)cc2)sc1C(=O)c1ccc(Cl)cc1. The van der Waals surface area contributed by atoms with Crippen LogP contribution in [0, 0.1) is 0 Å². The van der Waals surface area contributed by atoms with Crippen LogP contribution in [0.4, 0.5) is 16.6 Å². The molecule has 0 saturated heterocycles. The van der Waals surface area contributed by atoms with Gasteiger partial charge in [0.25, 0.3) is 0 Å². The largest absolute Gasteiger partial charge is 0.382 e. The molecule has 26 heavy (non-hydrogen) atoms. The fourth-order valence-corrected chi connectivity index (χ4v) is 3.64. The van der Waals surface area contributed by atoms with E-state index in [0.29, 0.717) is 26.3 Å². The normalized spacial score (nSPS) is 11.3. The number of nitrogens with zero attached hydrogens (tertiary/aromatic N) is 1. The monoisotopic (exact) mass is 408 g/mol. The lowest BCUT2D eigenvalue weighted by Crippen LogP contribution is -2.11. The zero-order valence-electron chi connectivity index (χ0n) is 13.1. The highest BCUT2D eigenvalue weighted by molar-refractivity contribution is 7.89. The number of primary sulfonamides is 1. The molecule has 0 atom stereocenters. The third-order valence-corrected chi connectivity index (χ3v) is 5.57. The molecule has 0 spiro atoms. The van der Waals surface area contributed by atoms with Gasteiger partial charge in [-0.25, -0.2) is 18.5 Å². The number of hydrogen-bond acceptors (Lipinski definition) is 7. The van der Waals surface area contributed by atoms with Crippen molar-refractivity contribution in [2.45, 2.75) is 4.90 Å². The van der Waals surface area contributed by atoms with Crippen molar-refractivity contribution in [2.75, 3.05) is 11.1 Å². The molecule has 134 valence electrons. The molecule has 1 heterocycles. The van der Waals surface area contributed by atoms with Crippen LogP contribution in [0.2, 0.25) is 5.02 Å². The molecular formula is C16H13ClN4O3S2. The summed E-state index contributed by atoms with van der Waals surface area (Å²) in [6, 6.07) is 12.3. The number of nitrogens with two attached hydrogens (primary N) is 2. The van der Waals surface area contributed by atoms with Crippen LogP contribution in [0.3, 0.4) is 0 Å². The zero-order valence-corrected chi connectivity index (χ0v) is 15.5. The van der Waals surface area contributed by atoms with E-state index in [1.54, 1.807) is 24.3 Å². The van der Waals surface area contributed by atoms with Gasteiger partial charge in [0.1, 0.15) is 10.7 Å². The van der Waals surface area contributed by atoms with Crippen LogP contribution >= 0.6 is 22.9 Å². The maximum Gasteiger partial charge on any atom is 0.238 e. The van der Waals surface area contributed by atoms with Gasteiger partial charge in [-0.15, -0.1) is 0 Å². The Morgan fingerprint density at radius 1 is 1.08 bits per heavy atom. The minimum atomic E-state index is -3.75. The van der Waals surface area contributed by atoms with Gasteiger partial charge >= 0.3 is 0 Å². The van der Waals surface area contributed by atoms with Gasteiger partial charge in [-0.1, -0.05) is 22.9 Å². The Labute approximate surface area is 158 Å². The first kappa shape index (κ1) is 18.3. The lowest BCUT2D eigenvalue weighted by Gasteiger charge is -2.03. The van der Waals surface area contributed by atoms with Gasteiger partial charge in [0, 0.05) is 16.3 Å². The first-order chi connectivity index (χ1) is 12.2. The van der Waals surface area contributed by atoms with Crippen molar-refractivity contribution in [1.82, 2.24) is 4.98 Å². The molecule has 2 aromatic carbocycles. The molecule has 0 aliphatic heterocycles. The number of carbonyl (C=O) groups is 1. The predicted octanol–water partition coefficient (Wildman–Crippen LogP) is 3.00. The molecule has 0 unspecified atom stereocenters. The van der Waals surface area contributed by atoms with Crippen molar-refractivity contribution in [1.29, 1.82) is 0 Å². The van der Waals surface area contributed by atoms with Crippen LogP contribution in [0.1, 0.15) is 15.2 Å². The van der Waals surface area contributed by atoms with Gasteiger partial charge in [-0.2, -0.15) is 0 Å². The van der Waals surface area contributed by atoms with E-state index in [1.165, 1.54) is 24.3 Å². The van der Waals surface area contributed by atoms with E-state index in [1.807, 2.05) is 0 Å². The van der Waals surface area contributed by atoms with Gasteiger partial charge in [0.05, 0.1) is 4.90 Å². The Morgan fingerprint density at radius 2 is 1.69 bits per heavy atom. The third-order valence-electron chi connectivity index (χ3n) is 3.40. The van der Waals surface area contributed by atoms with Crippen molar-refractivity contribution >= 4 is 55.4 Å². The molecule has 3 aromatic rings. The van der Waals surface area contributed by atoms with Gasteiger partial charge in [-0.3, -0.25) is 4.79 Å². The Morgan fingerprint density at radius 3 is 2.27 bits per heavy atom. The second kappa shape index (κ2) is 7.04. The van der Waals surface area contributed by atoms with Gasteiger partial charge in [0.15, 0.2) is 5.13 Å². The molecule has 0 amide bonds. The maximum absolute atomic E-state index is 12.5. The summed E-state index contributed by atoms with van der Waals surface area (Å²) in [5.41, 5.74) is 6.89. The Kier molecular flexibility index (Phi) is 4.97. The Balaban J connectivity index is 1.82. The van der Waals surface area contributed by atoms with E-state index in [-0.39, 0.29) is 16.5 Å². The van der Waals surface area contributed by atoms with E-state index in [9.17, 15) is 13.2 Å². The van der Waals surface area contributed by atoms with Crippen molar-refractivity contribution in [2.24, 2.45) is 5.14 Å². The molecule has 0 radical (unpaired) electrons. The topological polar surface area (TPSA) is 128 Å². The summed E-state index contributed by atoms with van der Waals surface area (Å²) in [7, 11) is -3.75. The van der Waals surface area contributed by atoms with Crippen molar-refractivity contribution in [3.05, 3.63) is 64.0 Å². The molecule has 1 aromatic heterocycles. The van der Waals surface area contributed by atoms with Crippen molar-refractivity contribution < 1.29 is 13.2 Å². The molecule has 0 fully saturated rings. The number of nitrogens with one attached hydrogen (secondary N) is 1. The molecule has 10 heteroatoms. The highest BCUT2D eigenvalue weighted by Gasteiger charge is 2.18. The summed E-state index contributed by atoms with van der Waals surface area (Å²) < 4.78 is 22.5. The second-order valence-electron chi connectivity index (χ2n) is 5.26. The standard InChI is InChI=1S/C16H13ClN4O3S2/c17-10-3-1-9(2-4-10)13(22)14-15(18)21-16(25-14)20-11-5-7-12(8-6-11)26(19,23)24/h1-8H,18H2,(H,20,21)(H2,19,23,24). The minimum Gasteiger partial charge on any atom is -0.382 e. The molecule has 0 bridgehead atoms. The zero-order chi connectivity index (χ0) is 18.9. The van der Waals surface area contributed by atoms with Crippen LogP contribution in [0.25, 0.3) is 0 Å².